The number of benzene rings is 4. The zero-order valence-electron chi connectivity index (χ0n) is 15.9. The van der Waals surface area contributed by atoms with Crippen molar-refractivity contribution < 1.29 is 19.7 Å². The molecule has 30 heavy (non-hydrogen) atoms. The highest BCUT2D eigenvalue weighted by Gasteiger charge is 2.06. The Kier molecular flexibility index (Phi) is 5.05. The van der Waals surface area contributed by atoms with Crippen molar-refractivity contribution in [3.05, 3.63) is 84.9 Å². The van der Waals surface area contributed by atoms with E-state index in [-0.39, 0.29) is 11.5 Å². The van der Waals surface area contributed by atoms with E-state index >= 15 is 0 Å². The lowest BCUT2D eigenvalue weighted by atomic mass is 10.1. The molecule has 0 aromatic heterocycles. The summed E-state index contributed by atoms with van der Waals surface area (Å²) < 4.78 is 11.7. The number of nitrogens with two attached hydrogens (primary N) is 2. The van der Waals surface area contributed by atoms with Gasteiger partial charge in [-0.25, -0.2) is 0 Å². The number of anilines is 2. The minimum Gasteiger partial charge on any atom is -0.506 e. The van der Waals surface area contributed by atoms with Gasteiger partial charge in [-0.1, -0.05) is 24.3 Å². The largest absolute Gasteiger partial charge is 0.506 e. The van der Waals surface area contributed by atoms with Crippen LogP contribution in [0.15, 0.2) is 84.9 Å². The van der Waals surface area contributed by atoms with Gasteiger partial charge in [-0.3, -0.25) is 0 Å². The van der Waals surface area contributed by atoms with Gasteiger partial charge in [-0.15, -0.1) is 0 Å². The van der Waals surface area contributed by atoms with Crippen LogP contribution in [0.5, 0.6) is 34.5 Å². The lowest BCUT2D eigenvalue weighted by molar-refractivity contribution is 0.456. The second kappa shape index (κ2) is 7.97. The minimum absolute atomic E-state index is 0.0257. The maximum Gasteiger partial charge on any atom is 0.142 e. The Bertz CT molecular complexity index is 1110. The van der Waals surface area contributed by atoms with E-state index in [0.717, 1.165) is 11.1 Å². The van der Waals surface area contributed by atoms with Crippen molar-refractivity contribution in [2.24, 2.45) is 0 Å². The van der Waals surface area contributed by atoms with Gasteiger partial charge in [0.05, 0.1) is 11.4 Å². The van der Waals surface area contributed by atoms with Crippen molar-refractivity contribution in [3.8, 4) is 45.6 Å². The van der Waals surface area contributed by atoms with Crippen LogP contribution in [0.3, 0.4) is 0 Å². The van der Waals surface area contributed by atoms with Crippen LogP contribution in [0.25, 0.3) is 11.1 Å². The van der Waals surface area contributed by atoms with Crippen molar-refractivity contribution in [1.29, 1.82) is 0 Å². The molecule has 6 heteroatoms. The topological polar surface area (TPSA) is 111 Å². The van der Waals surface area contributed by atoms with Gasteiger partial charge in [-0.05, 0) is 59.7 Å². The van der Waals surface area contributed by atoms with E-state index in [4.69, 9.17) is 20.9 Å². The number of phenolic OH excluding ortho intramolecular Hbond substituents is 2. The van der Waals surface area contributed by atoms with E-state index in [1.54, 1.807) is 24.3 Å². The SMILES string of the molecule is Nc1ccc(Oc2cccc(-c3cccc(Oc4ccc(N)c(O)c4)c3)c2)cc1O. The van der Waals surface area contributed by atoms with Crippen molar-refractivity contribution in [3.63, 3.8) is 0 Å². The molecule has 0 bridgehead atoms. The first-order chi connectivity index (χ1) is 14.5. The van der Waals surface area contributed by atoms with Crippen LogP contribution in [-0.2, 0) is 0 Å². The van der Waals surface area contributed by atoms with Gasteiger partial charge in [0.25, 0.3) is 0 Å². The highest BCUT2D eigenvalue weighted by Crippen LogP contribution is 2.33. The molecule has 0 aliphatic carbocycles. The Labute approximate surface area is 173 Å². The molecule has 0 amide bonds. The Morgan fingerprint density at radius 3 is 1.30 bits per heavy atom. The van der Waals surface area contributed by atoms with Crippen molar-refractivity contribution >= 4 is 11.4 Å². The molecule has 6 nitrogen and oxygen atoms in total. The third-order valence-electron chi connectivity index (χ3n) is 4.48. The van der Waals surface area contributed by atoms with E-state index in [2.05, 4.69) is 0 Å². The summed E-state index contributed by atoms with van der Waals surface area (Å²) in [5.41, 5.74) is 13.7. The first-order valence-electron chi connectivity index (χ1n) is 9.21. The number of ether oxygens (including phenoxy) is 2. The average Bonchev–Trinajstić information content (AvgIpc) is 2.74. The number of phenols is 2. The third kappa shape index (κ3) is 4.23. The van der Waals surface area contributed by atoms with E-state index in [1.807, 2.05) is 48.5 Å². The van der Waals surface area contributed by atoms with E-state index in [0.29, 0.717) is 34.4 Å². The van der Waals surface area contributed by atoms with E-state index < -0.39 is 0 Å². The van der Waals surface area contributed by atoms with Crippen LogP contribution >= 0.6 is 0 Å². The molecule has 4 rings (SSSR count). The molecule has 0 atom stereocenters. The molecule has 0 aliphatic rings. The van der Waals surface area contributed by atoms with Crippen LogP contribution in [0.2, 0.25) is 0 Å². The summed E-state index contributed by atoms with van der Waals surface area (Å²) in [6, 6.07) is 24.6. The van der Waals surface area contributed by atoms with Gasteiger partial charge in [0.15, 0.2) is 0 Å². The van der Waals surface area contributed by atoms with Crippen LogP contribution in [0.1, 0.15) is 0 Å². The van der Waals surface area contributed by atoms with E-state index in [9.17, 15) is 10.2 Å². The summed E-state index contributed by atoms with van der Waals surface area (Å²) in [4.78, 5) is 0. The summed E-state index contributed by atoms with van der Waals surface area (Å²) in [5, 5.41) is 19.5. The fraction of sp³-hybridized carbons (Fsp3) is 0. The Morgan fingerprint density at radius 1 is 0.500 bits per heavy atom. The van der Waals surface area contributed by atoms with Gasteiger partial charge < -0.3 is 31.2 Å². The minimum atomic E-state index is -0.0257. The fourth-order valence-electron chi connectivity index (χ4n) is 2.92. The van der Waals surface area contributed by atoms with Crippen LogP contribution in [0.4, 0.5) is 11.4 Å². The molecule has 0 radical (unpaired) electrons. The molecule has 0 heterocycles. The first kappa shape index (κ1) is 19.0. The fourth-order valence-corrected chi connectivity index (χ4v) is 2.92. The lowest BCUT2D eigenvalue weighted by Crippen LogP contribution is -1.89. The maximum atomic E-state index is 9.75. The predicted molar refractivity (Wildman–Crippen MR) is 117 cm³/mol. The van der Waals surface area contributed by atoms with Crippen molar-refractivity contribution in [2.45, 2.75) is 0 Å². The molecular weight excluding hydrogens is 380 g/mol. The number of hydrogen-bond donors (Lipinski definition) is 4. The van der Waals surface area contributed by atoms with Crippen molar-refractivity contribution in [2.75, 3.05) is 11.5 Å². The van der Waals surface area contributed by atoms with Gasteiger partial charge in [0.1, 0.15) is 34.5 Å². The maximum absolute atomic E-state index is 9.75. The highest BCUT2D eigenvalue weighted by atomic mass is 16.5. The van der Waals surface area contributed by atoms with Gasteiger partial charge >= 0.3 is 0 Å². The molecule has 150 valence electrons. The lowest BCUT2D eigenvalue weighted by Gasteiger charge is -2.11. The van der Waals surface area contributed by atoms with Crippen molar-refractivity contribution in [1.82, 2.24) is 0 Å². The molecular formula is C24H20N2O4. The summed E-state index contributed by atoms with van der Waals surface area (Å²) in [6.45, 7) is 0. The van der Waals surface area contributed by atoms with Gasteiger partial charge in [0, 0.05) is 12.1 Å². The molecule has 0 saturated carbocycles. The number of hydrogen-bond acceptors (Lipinski definition) is 6. The molecule has 4 aromatic carbocycles. The van der Waals surface area contributed by atoms with Gasteiger partial charge in [-0.2, -0.15) is 0 Å². The third-order valence-corrected chi connectivity index (χ3v) is 4.48. The quantitative estimate of drug-likeness (QED) is 0.259. The summed E-state index contributed by atoms with van der Waals surface area (Å²) in [6.07, 6.45) is 0. The summed E-state index contributed by atoms with van der Waals surface area (Å²) in [7, 11) is 0. The van der Waals surface area contributed by atoms with Crippen LogP contribution in [-0.4, -0.2) is 10.2 Å². The second-order valence-electron chi connectivity index (χ2n) is 6.70. The smallest absolute Gasteiger partial charge is 0.142 e. The Hall–Kier alpha value is -4.32. The molecule has 0 unspecified atom stereocenters. The number of aromatic hydroxyl groups is 2. The van der Waals surface area contributed by atoms with Crippen LogP contribution < -0.4 is 20.9 Å². The molecule has 4 aromatic rings. The number of rotatable bonds is 5. The normalized spacial score (nSPS) is 10.5. The molecule has 0 spiro atoms. The number of nitrogen functional groups attached to an aromatic ring is 2. The zero-order chi connectivity index (χ0) is 21.1. The van der Waals surface area contributed by atoms with E-state index in [1.165, 1.54) is 12.1 Å². The summed E-state index contributed by atoms with van der Waals surface area (Å²) >= 11 is 0. The molecule has 0 fully saturated rings. The first-order valence-corrected chi connectivity index (χ1v) is 9.21. The highest BCUT2D eigenvalue weighted by molar-refractivity contribution is 5.67. The molecule has 0 saturated heterocycles. The zero-order valence-corrected chi connectivity index (χ0v) is 15.9. The Balaban J connectivity index is 1.56. The summed E-state index contributed by atoms with van der Waals surface area (Å²) in [5.74, 6) is 2.15. The average molecular weight is 400 g/mol. The van der Waals surface area contributed by atoms with Gasteiger partial charge in [0.2, 0.25) is 0 Å². The molecule has 6 N–H and O–H groups in total. The second-order valence-corrected chi connectivity index (χ2v) is 6.70. The standard InChI is InChI=1S/C24H20N2O4/c25-21-9-7-19(13-23(21)27)29-17-5-1-3-15(11-17)16-4-2-6-18(12-16)30-20-8-10-22(26)24(28)14-20/h1-14,27-28H,25-26H2. The Morgan fingerprint density at radius 2 is 0.900 bits per heavy atom. The molecule has 0 aliphatic heterocycles. The monoisotopic (exact) mass is 400 g/mol. The predicted octanol–water partition coefficient (Wildman–Crippen LogP) is 5.51. The van der Waals surface area contributed by atoms with Crippen LogP contribution in [0, 0.1) is 0 Å².